The van der Waals surface area contributed by atoms with Crippen molar-refractivity contribution in [2.24, 2.45) is 9.98 Å². The largest absolute Gasteiger partial charge is 0.307 e. The van der Waals surface area contributed by atoms with Crippen molar-refractivity contribution in [2.75, 3.05) is 13.1 Å². The minimum Gasteiger partial charge on any atom is -0.307 e. The Balaban J connectivity index is 2.00. The first-order valence-corrected chi connectivity index (χ1v) is 6.04. The predicted octanol–water partition coefficient (Wildman–Crippen LogP) is 1.15. The zero-order valence-corrected chi connectivity index (χ0v) is 9.68. The van der Waals surface area contributed by atoms with Gasteiger partial charge in [0.05, 0.1) is 24.0 Å². The highest BCUT2D eigenvalue weighted by molar-refractivity contribution is 6.55. The summed E-state index contributed by atoms with van der Waals surface area (Å²) in [5, 5.41) is 3.10. The van der Waals surface area contributed by atoms with Crippen LogP contribution in [0.3, 0.4) is 0 Å². The van der Waals surface area contributed by atoms with Crippen molar-refractivity contribution in [1.29, 1.82) is 0 Å². The zero-order chi connectivity index (χ0) is 12.1. The van der Waals surface area contributed by atoms with Crippen molar-refractivity contribution >= 4 is 29.0 Å². The number of hydrogen-bond donors (Lipinski definition) is 1. The molecule has 3 heterocycles. The number of Topliss-reactive ketones (excluding diaryl/α,β-unsaturated/α-hetero) is 1. The third-order valence-corrected chi connectivity index (χ3v) is 3.57. The zero-order valence-electron chi connectivity index (χ0n) is 9.68. The van der Waals surface area contributed by atoms with E-state index in [1.165, 1.54) is 0 Å². The molecule has 1 fully saturated rings. The fourth-order valence-corrected chi connectivity index (χ4v) is 2.78. The van der Waals surface area contributed by atoms with E-state index in [4.69, 9.17) is 0 Å². The number of allylic oxidation sites excluding steroid dienone is 1. The molecule has 4 rings (SSSR count). The monoisotopic (exact) mass is 237 g/mol. The van der Waals surface area contributed by atoms with Crippen LogP contribution in [0.2, 0.25) is 0 Å². The van der Waals surface area contributed by atoms with Gasteiger partial charge in [0, 0.05) is 29.5 Å². The number of carbonyl (C=O) groups is 1. The summed E-state index contributed by atoms with van der Waals surface area (Å²) in [5.41, 5.74) is 4.66. The lowest BCUT2D eigenvalue weighted by Gasteiger charge is -2.26. The number of nitrogens with zero attached hydrogens (tertiary/aromatic N) is 2. The summed E-state index contributed by atoms with van der Waals surface area (Å²) in [4.78, 5) is 21.1. The van der Waals surface area contributed by atoms with Gasteiger partial charge in [-0.25, -0.2) is 4.99 Å². The smallest absolute Gasteiger partial charge is 0.175 e. The summed E-state index contributed by atoms with van der Waals surface area (Å²) in [7, 11) is 0. The molecular formula is C14H11N3O. The maximum Gasteiger partial charge on any atom is 0.175 e. The number of aliphatic imine (C=N–C) groups is 2. The van der Waals surface area contributed by atoms with E-state index in [0.29, 0.717) is 6.54 Å². The van der Waals surface area contributed by atoms with Crippen molar-refractivity contribution in [2.45, 2.75) is 6.04 Å². The molecule has 0 aromatic heterocycles. The number of hydrogen-bond acceptors (Lipinski definition) is 4. The molecule has 1 saturated heterocycles. The van der Waals surface area contributed by atoms with Crippen molar-refractivity contribution in [3.05, 3.63) is 35.4 Å². The highest BCUT2D eigenvalue weighted by atomic mass is 16.1. The van der Waals surface area contributed by atoms with Gasteiger partial charge in [0.25, 0.3) is 0 Å². The Labute approximate surface area is 104 Å². The molecule has 18 heavy (non-hydrogen) atoms. The van der Waals surface area contributed by atoms with Crippen LogP contribution in [0.4, 0.5) is 5.69 Å². The van der Waals surface area contributed by atoms with E-state index < -0.39 is 0 Å². The lowest BCUT2D eigenvalue weighted by atomic mass is 9.86. The Morgan fingerprint density at radius 2 is 2.17 bits per heavy atom. The van der Waals surface area contributed by atoms with E-state index >= 15 is 0 Å². The van der Waals surface area contributed by atoms with Crippen molar-refractivity contribution < 1.29 is 4.79 Å². The first-order valence-electron chi connectivity index (χ1n) is 6.04. The molecule has 0 spiro atoms. The average molecular weight is 237 g/mol. The SMILES string of the molecule is O=C1CNCC2N=CC3=Nc4ccccc4C3=C12. The van der Waals surface area contributed by atoms with Gasteiger partial charge in [-0.05, 0) is 6.07 Å². The van der Waals surface area contributed by atoms with Crippen LogP contribution in [0.1, 0.15) is 5.56 Å². The van der Waals surface area contributed by atoms with Crippen LogP contribution >= 0.6 is 0 Å². The van der Waals surface area contributed by atoms with E-state index in [9.17, 15) is 4.79 Å². The van der Waals surface area contributed by atoms with Crippen molar-refractivity contribution in [3.63, 3.8) is 0 Å². The van der Waals surface area contributed by atoms with E-state index in [0.717, 1.165) is 34.7 Å². The topological polar surface area (TPSA) is 53.8 Å². The van der Waals surface area contributed by atoms with Gasteiger partial charge < -0.3 is 5.32 Å². The second kappa shape index (κ2) is 3.46. The second-order valence-electron chi connectivity index (χ2n) is 4.65. The third kappa shape index (κ3) is 1.21. The third-order valence-electron chi connectivity index (χ3n) is 3.57. The normalized spacial score (nSPS) is 24.6. The number of rotatable bonds is 0. The summed E-state index contributed by atoms with van der Waals surface area (Å²) in [6.07, 6.45) is 1.80. The van der Waals surface area contributed by atoms with Crippen molar-refractivity contribution in [3.8, 4) is 0 Å². The molecule has 1 atom stereocenters. The van der Waals surface area contributed by atoms with Crippen LogP contribution in [0, 0.1) is 0 Å². The van der Waals surface area contributed by atoms with E-state index in [1.807, 2.05) is 24.3 Å². The first kappa shape index (κ1) is 9.91. The number of carbonyl (C=O) groups excluding carboxylic acids is 1. The average Bonchev–Trinajstić information content (AvgIpc) is 2.77. The van der Waals surface area contributed by atoms with Crippen LogP contribution in [-0.4, -0.2) is 36.8 Å². The minimum atomic E-state index is -0.0497. The van der Waals surface area contributed by atoms with Crippen molar-refractivity contribution in [1.82, 2.24) is 5.32 Å². The maximum absolute atomic E-state index is 12.1. The predicted molar refractivity (Wildman–Crippen MR) is 70.6 cm³/mol. The fraction of sp³-hybridized carbons (Fsp3) is 0.214. The molecular weight excluding hydrogens is 226 g/mol. The Hall–Kier alpha value is -2.07. The Morgan fingerprint density at radius 3 is 3.11 bits per heavy atom. The van der Waals surface area contributed by atoms with E-state index in [1.54, 1.807) is 6.21 Å². The number of fused-ring (bicyclic) bond motifs is 4. The van der Waals surface area contributed by atoms with Crippen LogP contribution in [0.5, 0.6) is 0 Å². The molecule has 1 N–H and O–H groups in total. The van der Waals surface area contributed by atoms with Crippen LogP contribution in [-0.2, 0) is 4.79 Å². The fourth-order valence-electron chi connectivity index (χ4n) is 2.78. The van der Waals surface area contributed by atoms with Crippen LogP contribution in [0.15, 0.2) is 39.8 Å². The summed E-state index contributed by atoms with van der Waals surface area (Å²) in [5.74, 6) is 0.141. The van der Waals surface area contributed by atoms with Gasteiger partial charge in [0.1, 0.15) is 0 Å². The number of dihydropyridines is 1. The number of nitrogens with one attached hydrogen (secondary N) is 1. The lowest BCUT2D eigenvalue weighted by Crippen LogP contribution is -2.43. The van der Waals surface area contributed by atoms with Crippen LogP contribution < -0.4 is 5.32 Å². The van der Waals surface area contributed by atoms with E-state index in [-0.39, 0.29) is 11.8 Å². The second-order valence-corrected chi connectivity index (χ2v) is 4.65. The molecule has 3 aliphatic heterocycles. The van der Waals surface area contributed by atoms with Crippen LogP contribution in [0.25, 0.3) is 5.57 Å². The molecule has 0 amide bonds. The molecule has 3 aliphatic rings. The summed E-state index contributed by atoms with van der Waals surface area (Å²) in [6, 6.07) is 7.90. The van der Waals surface area contributed by atoms with Gasteiger partial charge in [-0.15, -0.1) is 0 Å². The molecule has 0 saturated carbocycles. The Bertz CT molecular complexity index is 655. The molecule has 1 unspecified atom stereocenters. The van der Waals surface area contributed by atoms with Gasteiger partial charge in [0.2, 0.25) is 0 Å². The molecule has 88 valence electrons. The number of ketones is 1. The number of benzene rings is 1. The summed E-state index contributed by atoms with van der Waals surface area (Å²) >= 11 is 0. The maximum atomic E-state index is 12.1. The molecule has 1 aromatic carbocycles. The number of para-hydroxylation sites is 1. The van der Waals surface area contributed by atoms with Gasteiger partial charge in [-0.3, -0.25) is 9.79 Å². The first-order chi connectivity index (χ1) is 8.84. The summed E-state index contributed by atoms with van der Waals surface area (Å²) < 4.78 is 0. The lowest BCUT2D eigenvalue weighted by molar-refractivity contribution is -0.115. The molecule has 4 nitrogen and oxygen atoms in total. The number of piperidine rings is 1. The van der Waals surface area contributed by atoms with Gasteiger partial charge in [0.15, 0.2) is 5.78 Å². The van der Waals surface area contributed by atoms with Gasteiger partial charge >= 0.3 is 0 Å². The molecule has 0 aliphatic carbocycles. The summed E-state index contributed by atoms with van der Waals surface area (Å²) in [6.45, 7) is 1.14. The molecule has 0 radical (unpaired) electrons. The standard InChI is InChI=1S/C14H11N3O/c18-12-7-15-5-10-14(12)13-8-3-1-2-4-9(8)17-11(13)6-16-10/h1-4,6,10,15H,5,7H2. The highest BCUT2D eigenvalue weighted by Crippen LogP contribution is 2.39. The Morgan fingerprint density at radius 1 is 1.28 bits per heavy atom. The quantitative estimate of drug-likeness (QED) is 0.736. The molecule has 1 aromatic rings. The minimum absolute atomic E-state index is 0.0497. The van der Waals surface area contributed by atoms with E-state index in [2.05, 4.69) is 15.3 Å². The molecule has 4 heteroatoms. The van der Waals surface area contributed by atoms with Gasteiger partial charge in [-0.1, -0.05) is 18.2 Å². The molecule has 0 bridgehead atoms. The highest BCUT2D eigenvalue weighted by Gasteiger charge is 2.35. The van der Waals surface area contributed by atoms with Gasteiger partial charge in [-0.2, -0.15) is 0 Å². The Kier molecular flexibility index (Phi) is 1.91.